The molecule has 0 amide bonds. The van der Waals surface area contributed by atoms with Gasteiger partial charge in [0.2, 0.25) is 0 Å². The number of unbranched alkanes of at least 4 members (excludes halogenated alkanes) is 58. The van der Waals surface area contributed by atoms with Gasteiger partial charge in [-0.25, -0.2) is 9.13 Å². The Labute approximate surface area is 664 Å². The average Bonchev–Trinajstić information content (AvgIpc) is 0.912. The van der Waals surface area contributed by atoms with E-state index in [2.05, 4.69) is 41.5 Å². The molecule has 17 nitrogen and oxygen atoms in total. The summed E-state index contributed by atoms with van der Waals surface area (Å²) in [6, 6.07) is 0. The molecule has 642 valence electrons. The molecule has 0 aromatic rings. The maximum Gasteiger partial charge on any atom is 0.472 e. The van der Waals surface area contributed by atoms with Crippen molar-refractivity contribution in [3.8, 4) is 0 Å². The SMILES string of the molecule is CCCCCCCCCCCCCCCCC(=O)O[C@H](COC(=O)CCCCCCCCCCCCCC)COP(=O)(O)OC[C@H](O)COP(=O)(O)OC[C@@H](COC(=O)CCCCCCCCCCCCCCCCCCCCC(C)C)OC(=O)CCCCCCCCCCCCCCCCCCCCC(C)C. The van der Waals surface area contributed by atoms with E-state index in [1.54, 1.807) is 0 Å². The van der Waals surface area contributed by atoms with Crippen LogP contribution < -0.4 is 0 Å². The zero-order chi connectivity index (χ0) is 79.2. The van der Waals surface area contributed by atoms with Gasteiger partial charge < -0.3 is 33.8 Å². The molecule has 0 rings (SSSR count). The second-order valence-electron chi connectivity index (χ2n) is 32.9. The summed E-state index contributed by atoms with van der Waals surface area (Å²) in [6.45, 7) is 9.77. The molecule has 0 spiro atoms. The summed E-state index contributed by atoms with van der Waals surface area (Å²) in [5.74, 6) is -0.453. The zero-order valence-corrected chi connectivity index (χ0v) is 73.0. The number of phosphoric ester groups is 2. The molecule has 0 bridgehead atoms. The van der Waals surface area contributed by atoms with Crippen LogP contribution in [0.15, 0.2) is 0 Å². The highest BCUT2D eigenvalue weighted by molar-refractivity contribution is 7.47. The first-order chi connectivity index (χ1) is 52.4. The van der Waals surface area contributed by atoms with Crippen molar-refractivity contribution in [1.29, 1.82) is 0 Å². The smallest absolute Gasteiger partial charge is 0.462 e. The molecule has 3 N–H and O–H groups in total. The minimum absolute atomic E-state index is 0.109. The van der Waals surface area contributed by atoms with E-state index < -0.39 is 97.5 Å². The van der Waals surface area contributed by atoms with Gasteiger partial charge in [-0.2, -0.15) is 0 Å². The third-order valence-electron chi connectivity index (χ3n) is 21.0. The molecule has 0 aliphatic heterocycles. The van der Waals surface area contributed by atoms with Gasteiger partial charge in [-0.15, -0.1) is 0 Å². The Morgan fingerprint density at radius 2 is 0.426 bits per heavy atom. The predicted molar refractivity (Wildman–Crippen MR) is 446 cm³/mol. The quantitative estimate of drug-likeness (QED) is 0.0222. The minimum atomic E-state index is -4.97. The summed E-state index contributed by atoms with van der Waals surface area (Å²) in [5.41, 5.74) is 0. The van der Waals surface area contributed by atoms with Gasteiger partial charge in [-0.3, -0.25) is 37.3 Å². The Balaban J connectivity index is 5.23. The lowest BCUT2D eigenvalue weighted by atomic mass is 10.0. The fourth-order valence-corrected chi connectivity index (χ4v) is 15.5. The fraction of sp³-hybridized carbons (Fsp3) is 0.955. The second-order valence-corrected chi connectivity index (χ2v) is 35.8. The van der Waals surface area contributed by atoms with Crippen molar-refractivity contribution in [1.82, 2.24) is 0 Å². The largest absolute Gasteiger partial charge is 0.472 e. The van der Waals surface area contributed by atoms with E-state index in [1.165, 1.54) is 295 Å². The van der Waals surface area contributed by atoms with E-state index in [1.807, 2.05) is 0 Å². The van der Waals surface area contributed by atoms with Crippen LogP contribution >= 0.6 is 15.6 Å². The Morgan fingerprint density at radius 1 is 0.250 bits per heavy atom. The van der Waals surface area contributed by atoms with Crippen LogP contribution in [0.25, 0.3) is 0 Å². The van der Waals surface area contributed by atoms with Crippen molar-refractivity contribution < 1.29 is 80.2 Å². The second kappa shape index (κ2) is 80.3. The van der Waals surface area contributed by atoms with Crippen LogP contribution in [0, 0.1) is 11.8 Å². The van der Waals surface area contributed by atoms with Crippen LogP contribution in [0.3, 0.4) is 0 Å². The Kier molecular flexibility index (Phi) is 78.8. The molecule has 0 heterocycles. The average molecular weight is 1580 g/mol. The number of aliphatic hydroxyl groups is 1. The van der Waals surface area contributed by atoms with Gasteiger partial charge in [0.15, 0.2) is 12.2 Å². The molecule has 19 heteroatoms. The first kappa shape index (κ1) is 106. The van der Waals surface area contributed by atoms with E-state index in [0.717, 1.165) is 102 Å². The molecule has 108 heavy (non-hydrogen) atoms. The van der Waals surface area contributed by atoms with E-state index in [4.69, 9.17) is 37.0 Å². The molecular weight excluding hydrogens is 1400 g/mol. The maximum atomic E-state index is 13.2. The van der Waals surface area contributed by atoms with Crippen molar-refractivity contribution in [2.75, 3.05) is 39.6 Å². The number of rotatable bonds is 88. The van der Waals surface area contributed by atoms with Crippen LogP contribution in [0.2, 0.25) is 0 Å². The van der Waals surface area contributed by atoms with Crippen LogP contribution in [0.1, 0.15) is 478 Å². The number of ether oxygens (including phenoxy) is 4. The lowest BCUT2D eigenvalue weighted by Crippen LogP contribution is -2.30. The maximum absolute atomic E-state index is 13.2. The van der Waals surface area contributed by atoms with Gasteiger partial charge in [0.05, 0.1) is 26.4 Å². The molecule has 0 aromatic carbocycles. The number of hydrogen-bond acceptors (Lipinski definition) is 15. The normalized spacial score (nSPS) is 13.8. The minimum Gasteiger partial charge on any atom is -0.462 e. The zero-order valence-electron chi connectivity index (χ0n) is 71.2. The number of aliphatic hydroxyl groups excluding tert-OH is 1. The van der Waals surface area contributed by atoms with Crippen molar-refractivity contribution in [3.05, 3.63) is 0 Å². The predicted octanol–water partition coefficient (Wildman–Crippen LogP) is 27.4. The Morgan fingerprint density at radius 3 is 0.630 bits per heavy atom. The van der Waals surface area contributed by atoms with E-state index in [0.29, 0.717) is 25.7 Å². The summed E-state index contributed by atoms with van der Waals surface area (Å²) < 4.78 is 69.0. The fourth-order valence-electron chi connectivity index (χ4n) is 14.0. The van der Waals surface area contributed by atoms with Crippen molar-refractivity contribution in [2.45, 2.75) is 496 Å². The molecule has 0 fully saturated rings. The molecular formula is C89H174O17P2. The van der Waals surface area contributed by atoms with Crippen molar-refractivity contribution in [2.24, 2.45) is 11.8 Å². The third kappa shape index (κ3) is 82.1. The van der Waals surface area contributed by atoms with Crippen LogP contribution in [0.4, 0.5) is 0 Å². The number of carbonyl (C=O) groups excluding carboxylic acids is 4. The van der Waals surface area contributed by atoms with E-state index in [-0.39, 0.29) is 25.7 Å². The van der Waals surface area contributed by atoms with Gasteiger partial charge in [-0.05, 0) is 37.5 Å². The topological polar surface area (TPSA) is 237 Å². The molecule has 0 aromatic heterocycles. The summed E-state index contributed by atoms with van der Waals surface area (Å²) >= 11 is 0. The standard InChI is InChI=1S/C89H174O17P2/c1-7-9-11-13-15-17-19-21-36-43-49-55-61-67-73-88(93)105-84(77-99-86(91)71-65-59-53-47-41-20-18-16-14-12-10-8-2)79-103-107(95,96)101-75-83(90)76-102-108(97,98)104-80-85(106-89(94)74-68-62-56-50-44-38-33-29-25-23-27-31-35-40-46-52-58-64-70-82(5)6)78-100-87(92)72-66-60-54-48-42-37-32-28-24-22-26-30-34-39-45-51-57-63-69-81(3)4/h81-85,90H,7-80H2,1-6H3,(H,95,96)(H,97,98)/t83-,84+,85+/m0/s1. The van der Waals surface area contributed by atoms with Gasteiger partial charge in [-0.1, -0.05) is 427 Å². The van der Waals surface area contributed by atoms with Crippen molar-refractivity contribution >= 4 is 39.5 Å². The molecule has 0 aliphatic rings. The molecule has 0 saturated heterocycles. The lowest BCUT2D eigenvalue weighted by Gasteiger charge is -2.21. The highest BCUT2D eigenvalue weighted by atomic mass is 31.2. The van der Waals surface area contributed by atoms with Crippen LogP contribution in [0.5, 0.6) is 0 Å². The van der Waals surface area contributed by atoms with E-state index in [9.17, 15) is 43.2 Å². The number of hydrogen-bond donors (Lipinski definition) is 3. The van der Waals surface area contributed by atoms with Gasteiger partial charge in [0.25, 0.3) is 0 Å². The van der Waals surface area contributed by atoms with E-state index >= 15 is 0 Å². The van der Waals surface area contributed by atoms with Crippen LogP contribution in [-0.2, 0) is 65.4 Å². The van der Waals surface area contributed by atoms with Gasteiger partial charge in [0, 0.05) is 25.7 Å². The molecule has 0 saturated carbocycles. The molecule has 5 atom stereocenters. The van der Waals surface area contributed by atoms with Gasteiger partial charge >= 0.3 is 39.5 Å². The Hall–Kier alpha value is -1.94. The highest BCUT2D eigenvalue weighted by Gasteiger charge is 2.31. The van der Waals surface area contributed by atoms with Crippen LogP contribution in [-0.4, -0.2) is 96.7 Å². The highest BCUT2D eigenvalue weighted by Crippen LogP contribution is 2.45. The molecule has 0 radical (unpaired) electrons. The first-order valence-corrected chi connectivity index (χ1v) is 49.0. The van der Waals surface area contributed by atoms with Crippen molar-refractivity contribution in [3.63, 3.8) is 0 Å². The Bertz CT molecular complexity index is 2060. The van der Waals surface area contributed by atoms with Gasteiger partial charge in [0.1, 0.15) is 19.3 Å². The number of phosphoric acid groups is 2. The number of carbonyl (C=O) groups is 4. The number of esters is 4. The summed E-state index contributed by atoms with van der Waals surface area (Å²) in [7, 11) is -9.93. The summed E-state index contributed by atoms with van der Waals surface area (Å²) in [4.78, 5) is 73.3. The first-order valence-electron chi connectivity index (χ1n) is 46.0. The molecule has 2 unspecified atom stereocenters. The monoisotopic (exact) mass is 1580 g/mol. The lowest BCUT2D eigenvalue weighted by molar-refractivity contribution is -0.161. The summed E-state index contributed by atoms with van der Waals surface area (Å²) in [5, 5.41) is 10.7. The third-order valence-corrected chi connectivity index (χ3v) is 22.9. The summed E-state index contributed by atoms with van der Waals surface area (Å²) in [6.07, 6.45) is 73.6. The molecule has 0 aliphatic carbocycles.